The molecule has 332 valence electrons. The fraction of sp³-hybridized carbons (Fsp3) is 0.510. The molecular formula is C49H56N4O10. The quantitative estimate of drug-likeness (QED) is 0.0760. The maximum Gasteiger partial charge on any atom is 0.133 e. The van der Waals surface area contributed by atoms with Gasteiger partial charge >= 0.3 is 0 Å². The average Bonchev–Trinajstić information content (AvgIpc) is 4.09. The molecule has 8 aliphatic rings. The highest BCUT2D eigenvalue weighted by Gasteiger charge is 2.35. The average molecular weight is 861 g/mol. The highest BCUT2D eigenvalue weighted by Crippen LogP contribution is 2.39. The Hall–Kier alpha value is -4.64. The summed E-state index contributed by atoms with van der Waals surface area (Å²) in [5.74, 6) is 3.14. The smallest absolute Gasteiger partial charge is 0.133 e. The molecule has 14 nitrogen and oxygen atoms in total. The summed E-state index contributed by atoms with van der Waals surface area (Å²) in [5.41, 5.74) is 6.53. The van der Waals surface area contributed by atoms with Crippen LogP contribution in [0.25, 0.3) is 0 Å². The Morgan fingerprint density at radius 2 is 0.571 bits per heavy atom. The van der Waals surface area contributed by atoms with E-state index in [1.54, 1.807) is 0 Å². The van der Waals surface area contributed by atoms with Crippen LogP contribution >= 0.6 is 0 Å². The van der Waals surface area contributed by atoms with Crippen LogP contribution in [0.1, 0.15) is 11.1 Å². The SMILES string of the molecule is c1cc(N(CC2CO2)CC2CO2)ccc1Oc1cc(N(CC2CO2)CC2CO2)ccc1Cc1ccc(N(CC2CO2)CC2CO2)cc1Oc1ccc(N(CC2CO2)CC2CO2)cc1. The van der Waals surface area contributed by atoms with Gasteiger partial charge in [-0.25, -0.2) is 0 Å². The Labute approximate surface area is 368 Å². The van der Waals surface area contributed by atoms with Gasteiger partial charge in [-0.2, -0.15) is 0 Å². The second-order valence-corrected chi connectivity index (χ2v) is 18.2. The summed E-state index contributed by atoms with van der Waals surface area (Å²) in [7, 11) is 0. The number of epoxide rings is 8. The summed E-state index contributed by atoms with van der Waals surface area (Å²) in [6.07, 6.45) is 2.65. The lowest BCUT2D eigenvalue weighted by Crippen LogP contribution is -2.31. The maximum atomic E-state index is 6.90. The summed E-state index contributed by atoms with van der Waals surface area (Å²) in [4.78, 5) is 9.47. The molecule has 14 heteroatoms. The molecule has 4 aromatic rings. The molecule has 8 saturated heterocycles. The maximum absolute atomic E-state index is 6.90. The Balaban J connectivity index is 0.849. The van der Waals surface area contributed by atoms with Crippen molar-refractivity contribution in [1.82, 2.24) is 0 Å². The van der Waals surface area contributed by atoms with Gasteiger partial charge in [-0.15, -0.1) is 0 Å². The van der Waals surface area contributed by atoms with Gasteiger partial charge in [-0.1, -0.05) is 12.1 Å². The van der Waals surface area contributed by atoms with Crippen LogP contribution in [0.2, 0.25) is 0 Å². The molecule has 12 rings (SSSR count). The predicted molar refractivity (Wildman–Crippen MR) is 235 cm³/mol. The highest BCUT2D eigenvalue weighted by atomic mass is 16.6. The molecule has 8 fully saturated rings. The molecule has 8 aliphatic heterocycles. The number of hydrogen-bond acceptors (Lipinski definition) is 14. The minimum absolute atomic E-state index is 0.234. The van der Waals surface area contributed by atoms with Crippen LogP contribution in [-0.4, -0.2) is 154 Å². The predicted octanol–water partition coefficient (Wildman–Crippen LogP) is 5.28. The van der Waals surface area contributed by atoms with Crippen LogP contribution in [0.4, 0.5) is 22.7 Å². The van der Waals surface area contributed by atoms with Gasteiger partial charge in [0, 0.05) is 93.7 Å². The molecule has 0 aliphatic carbocycles. The summed E-state index contributed by atoms with van der Waals surface area (Å²) < 4.78 is 58.9. The molecule has 0 aromatic heterocycles. The molecular weight excluding hydrogens is 805 g/mol. The van der Waals surface area contributed by atoms with Crippen LogP contribution in [-0.2, 0) is 44.3 Å². The van der Waals surface area contributed by atoms with Crippen LogP contribution in [0.5, 0.6) is 23.0 Å². The largest absolute Gasteiger partial charge is 0.457 e. The molecule has 63 heavy (non-hydrogen) atoms. The first kappa shape index (κ1) is 39.9. The second kappa shape index (κ2) is 17.4. The van der Waals surface area contributed by atoms with E-state index in [0.29, 0.717) is 6.42 Å². The van der Waals surface area contributed by atoms with E-state index in [1.165, 1.54) is 0 Å². The Bertz CT molecular complexity index is 1990. The van der Waals surface area contributed by atoms with E-state index in [2.05, 4.69) is 105 Å². The normalized spacial score (nSPS) is 27.6. The van der Waals surface area contributed by atoms with Crippen molar-refractivity contribution in [3.63, 3.8) is 0 Å². The Kier molecular flexibility index (Phi) is 11.0. The molecule has 0 bridgehead atoms. The van der Waals surface area contributed by atoms with Crippen molar-refractivity contribution in [3.05, 3.63) is 96.1 Å². The van der Waals surface area contributed by atoms with E-state index in [0.717, 1.165) is 162 Å². The number of hydrogen-bond donors (Lipinski definition) is 0. The lowest BCUT2D eigenvalue weighted by atomic mass is 10.0. The molecule has 8 heterocycles. The number of rotatable bonds is 26. The monoisotopic (exact) mass is 860 g/mol. The van der Waals surface area contributed by atoms with E-state index in [9.17, 15) is 0 Å². The molecule has 8 unspecified atom stereocenters. The highest BCUT2D eigenvalue weighted by molar-refractivity contribution is 5.61. The number of anilines is 4. The zero-order valence-electron chi connectivity index (χ0n) is 35.6. The molecule has 4 aromatic carbocycles. The van der Waals surface area contributed by atoms with Gasteiger partial charge in [0.25, 0.3) is 0 Å². The number of nitrogens with zero attached hydrogens (tertiary/aromatic N) is 4. The van der Waals surface area contributed by atoms with Crippen molar-refractivity contribution in [2.24, 2.45) is 0 Å². The van der Waals surface area contributed by atoms with Crippen molar-refractivity contribution in [2.45, 2.75) is 55.3 Å². The van der Waals surface area contributed by atoms with E-state index in [4.69, 9.17) is 47.4 Å². The van der Waals surface area contributed by atoms with Crippen molar-refractivity contribution in [2.75, 3.05) is 125 Å². The molecule has 0 spiro atoms. The topological polar surface area (TPSA) is 132 Å². The zero-order chi connectivity index (χ0) is 41.7. The third kappa shape index (κ3) is 11.2. The summed E-state index contributed by atoms with van der Waals surface area (Å²) in [6, 6.07) is 30.0. The van der Waals surface area contributed by atoms with E-state index in [-0.39, 0.29) is 48.8 Å². The van der Waals surface area contributed by atoms with Crippen molar-refractivity contribution < 1.29 is 47.4 Å². The van der Waals surface area contributed by atoms with E-state index >= 15 is 0 Å². The van der Waals surface area contributed by atoms with Crippen LogP contribution < -0.4 is 29.1 Å². The van der Waals surface area contributed by atoms with Gasteiger partial charge in [-0.05, 0) is 71.8 Å². The Morgan fingerprint density at radius 3 is 0.825 bits per heavy atom. The zero-order valence-corrected chi connectivity index (χ0v) is 35.6. The molecule has 8 atom stereocenters. The second-order valence-electron chi connectivity index (χ2n) is 18.2. The van der Waals surface area contributed by atoms with Crippen LogP contribution in [0.15, 0.2) is 84.9 Å². The van der Waals surface area contributed by atoms with Crippen molar-refractivity contribution >= 4 is 22.7 Å². The van der Waals surface area contributed by atoms with E-state index in [1.807, 2.05) is 0 Å². The van der Waals surface area contributed by atoms with Gasteiger partial charge in [0.15, 0.2) is 0 Å². The van der Waals surface area contributed by atoms with Crippen LogP contribution in [0, 0.1) is 0 Å². The van der Waals surface area contributed by atoms with Crippen molar-refractivity contribution in [3.8, 4) is 23.0 Å². The minimum Gasteiger partial charge on any atom is -0.457 e. The molecule has 0 saturated carbocycles. The first-order chi connectivity index (χ1) is 31.0. The van der Waals surface area contributed by atoms with Gasteiger partial charge in [0.05, 0.1) is 102 Å². The Morgan fingerprint density at radius 1 is 0.333 bits per heavy atom. The van der Waals surface area contributed by atoms with Gasteiger partial charge in [-0.3, -0.25) is 0 Å². The summed E-state index contributed by atoms with van der Waals surface area (Å²) >= 11 is 0. The van der Waals surface area contributed by atoms with Gasteiger partial charge in [0.1, 0.15) is 23.0 Å². The summed E-state index contributed by atoms with van der Waals surface area (Å²) in [6.45, 7) is 13.1. The van der Waals surface area contributed by atoms with Crippen molar-refractivity contribution in [1.29, 1.82) is 0 Å². The van der Waals surface area contributed by atoms with Gasteiger partial charge in [0.2, 0.25) is 0 Å². The number of benzene rings is 4. The van der Waals surface area contributed by atoms with Crippen LogP contribution in [0.3, 0.4) is 0 Å². The number of ether oxygens (including phenoxy) is 10. The third-order valence-corrected chi connectivity index (χ3v) is 12.7. The lowest BCUT2D eigenvalue weighted by molar-refractivity contribution is 0.388. The fourth-order valence-corrected chi connectivity index (χ4v) is 8.37. The minimum atomic E-state index is 0.234. The fourth-order valence-electron chi connectivity index (χ4n) is 8.37. The molecule has 0 radical (unpaired) electrons. The molecule has 0 N–H and O–H groups in total. The first-order valence-corrected chi connectivity index (χ1v) is 22.8. The van der Waals surface area contributed by atoms with Gasteiger partial charge < -0.3 is 67.0 Å². The lowest BCUT2D eigenvalue weighted by Gasteiger charge is -2.26. The molecule has 0 amide bonds. The third-order valence-electron chi connectivity index (χ3n) is 12.7. The van der Waals surface area contributed by atoms with E-state index < -0.39 is 0 Å². The standard InChI is InChI=1S/C49H56N4O10/c1-3-36(52(20-44-28-58-44)21-45-29-59-45)14-48(62-38-9-5-34(6-10-38)50(16-40-24-54-40)17-41-25-55-41)32(1)13-33-2-4-37(53(22-46-30-60-46)23-47-31-61-47)15-49(33)63-39-11-7-35(8-12-39)51(18-42-26-56-42)19-43-27-57-43/h1-12,14-15,40-47H,13,16-31H2. The first-order valence-electron chi connectivity index (χ1n) is 22.8. The summed E-state index contributed by atoms with van der Waals surface area (Å²) in [5, 5.41) is 0.